The van der Waals surface area contributed by atoms with Gasteiger partial charge in [0.05, 0.1) is 11.0 Å². The zero-order valence-corrected chi connectivity index (χ0v) is 10.0. The Morgan fingerprint density at radius 1 is 1.50 bits per heavy atom. The van der Waals surface area contributed by atoms with Gasteiger partial charge in [-0.3, -0.25) is 10.1 Å². The Bertz CT molecular complexity index is 569. The van der Waals surface area contributed by atoms with E-state index in [1.54, 1.807) is 6.07 Å². The van der Waals surface area contributed by atoms with Crippen molar-refractivity contribution in [3.8, 4) is 11.5 Å². The van der Waals surface area contributed by atoms with Gasteiger partial charge in [0, 0.05) is 25.1 Å². The minimum absolute atomic E-state index is 0.0156. The number of nitro benzene ring substituents is 1. The van der Waals surface area contributed by atoms with Crippen LogP contribution in [0.5, 0.6) is 11.5 Å². The number of aliphatic imine (C=N–C) groups is 1. The molecular weight excluding hydrogens is 236 g/mol. The van der Waals surface area contributed by atoms with Crippen LogP contribution in [0.15, 0.2) is 23.2 Å². The molecule has 0 N–H and O–H groups in total. The number of nitro groups is 1. The van der Waals surface area contributed by atoms with Crippen molar-refractivity contribution in [2.45, 2.75) is 32.1 Å². The topological polar surface area (TPSA) is 74.0 Å². The van der Waals surface area contributed by atoms with Crippen molar-refractivity contribution < 1.29 is 14.4 Å². The number of ether oxygens (including phenoxy) is 2. The standard InChI is InChI=1S/C12H12N2O4/c1-7-5-11-12(2,13-7)18-10-6-8(14(15)16)3-4-9(10)17-11/h3-4,6,11H,5H2,1-2H3/t11-,12-/m1/s1. The van der Waals surface area contributed by atoms with Gasteiger partial charge in [-0.1, -0.05) is 0 Å². The van der Waals surface area contributed by atoms with Gasteiger partial charge in [-0.05, 0) is 13.0 Å². The molecule has 1 aromatic rings. The molecule has 2 aliphatic heterocycles. The number of non-ortho nitro benzene ring substituents is 1. The maximum atomic E-state index is 10.7. The lowest BCUT2D eigenvalue weighted by molar-refractivity contribution is -0.385. The molecule has 0 fully saturated rings. The summed E-state index contributed by atoms with van der Waals surface area (Å²) in [7, 11) is 0. The number of rotatable bonds is 1. The van der Waals surface area contributed by atoms with E-state index < -0.39 is 10.6 Å². The summed E-state index contributed by atoms with van der Waals surface area (Å²) in [5.74, 6) is 0.911. The first kappa shape index (κ1) is 11.0. The molecule has 94 valence electrons. The fourth-order valence-electron chi connectivity index (χ4n) is 2.36. The lowest BCUT2D eigenvalue weighted by Crippen LogP contribution is -2.46. The van der Waals surface area contributed by atoms with Crippen LogP contribution < -0.4 is 9.47 Å². The molecule has 0 unspecified atom stereocenters. The van der Waals surface area contributed by atoms with Crippen LogP contribution in [-0.2, 0) is 0 Å². The summed E-state index contributed by atoms with van der Waals surface area (Å²) in [4.78, 5) is 14.7. The fourth-order valence-corrected chi connectivity index (χ4v) is 2.36. The molecule has 6 heteroatoms. The lowest BCUT2D eigenvalue weighted by atomic mass is 10.1. The van der Waals surface area contributed by atoms with E-state index in [0.29, 0.717) is 17.9 Å². The van der Waals surface area contributed by atoms with E-state index in [1.807, 2.05) is 13.8 Å². The fraction of sp³-hybridized carbons (Fsp3) is 0.417. The van der Waals surface area contributed by atoms with E-state index in [0.717, 1.165) is 5.71 Å². The molecule has 0 bridgehead atoms. The highest BCUT2D eigenvalue weighted by molar-refractivity contribution is 5.85. The highest BCUT2D eigenvalue weighted by Gasteiger charge is 2.47. The lowest BCUT2D eigenvalue weighted by Gasteiger charge is -2.35. The van der Waals surface area contributed by atoms with E-state index in [4.69, 9.17) is 9.47 Å². The Kier molecular flexibility index (Phi) is 2.10. The molecular formula is C12H12N2O4. The monoisotopic (exact) mass is 248 g/mol. The molecule has 0 spiro atoms. The van der Waals surface area contributed by atoms with Crippen molar-refractivity contribution in [2.75, 3.05) is 0 Å². The second kappa shape index (κ2) is 3.44. The molecule has 6 nitrogen and oxygen atoms in total. The van der Waals surface area contributed by atoms with Gasteiger partial charge in [0.15, 0.2) is 17.6 Å². The van der Waals surface area contributed by atoms with Gasteiger partial charge in [-0.2, -0.15) is 0 Å². The number of benzene rings is 1. The highest BCUT2D eigenvalue weighted by atomic mass is 16.6. The molecule has 3 rings (SSSR count). The Labute approximate surface area is 103 Å². The molecule has 0 saturated carbocycles. The Morgan fingerprint density at radius 3 is 3.00 bits per heavy atom. The predicted octanol–water partition coefficient (Wildman–Crippen LogP) is 2.32. The second-order valence-corrected chi connectivity index (χ2v) is 4.70. The number of hydrogen-bond acceptors (Lipinski definition) is 5. The Balaban J connectivity index is 2.01. The second-order valence-electron chi connectivity index (χ2n) is 4.70. The van der Waals surface area contributed by atoms with Gasteiger partial charge in [0.25, 0.3) is 5.69 Å². The molecule has 0 aromatic heterocycles. The first-order valence-electron chi connectivity index (χ1n) is 5.67. The zero-order chi connectivity index (χ0) is 12.9. The van der Waals surface area contributed by atoms with Crippen molar-refractivity contribution in [2.24, 2.45) is 4.99 Å². The smallest absolute Gasteiger partial charge is 0.273 e. The third-order valence-electron chi connectivity index (χ3n) is 3.22. The van der Waals surface area contributed by atoms with Gasteiger partial charge in [-0.15, -0.1) is 0 Å². The summed E-state index contributed by atoms with van der Waals surface area (Å²) in [5.41, 5.74) is 0.176. The van der Waals surface area contributed by atoms with Crippen molar-refractivity contribution in [3.63, 3.8) is 0 Å². The SMILES string of the molecule is CC1=N[C@]2(C)Oc3cc([N+](=O)[O-])ccc3O[C@@H]2C1. The van der Waals surface area contributed by atoms with E-state index in [1.165, 1.54) is 12.1 Å². The molecule has 1 aromatic carbocycles. The summed E-state index contributed by atoms with van der Waals surface area (Å²) in [5, 5.41) is 10.7. The van der Waals surface area contributed by atoms with Crippen LogP contribution in [0, 0.1) is 10.1 Å². The van der Waals surface area contributed by atoms with Gasteiger partial charge in [0.2, 0.25) is 5.72 Å². The van der Waals surface area contributed by atoms with Crippen molar-refractivity contribution in [1.82, 2.24) is 0 Å². The molecule has 2 atom stereocenters. The molecule has 0 saturated heterocycles. The van der Waals surface area contributed by atoms with Crippen molar-refractivity contribution >= 4 is 11.4 Å². The molecule has 2 aliphatic rings. The van der Waals surface area contributed by atoms with Gasteiger partial charge in [-0.25, -0.2) is 4.99 Å². The first-order valence-corrected chi connectivity index (χ1v) is 5.67. The predicted molar refractivity (Wildman–Crippen MR) is 64.3 cm³/mol. The summed E-state index contributed by atoms with van der Waals surface area (Å²) < 4.78 is 11.6. The third kappa shape index (κ3) is 1.53. The minimum Gasteiger partial charge on any atom is -0.480 e. The van der Waals surface area contributed by atoms with Crippen LogP contribution in [0.1, 0.15) is 20.3 Å². The van der Waals surface area contributed by atoms with E-state index in [2.05, 4.69) is 4.99 Å². The van der Waals surface area contributed by atoms with E-state index in [9.17, 15) is 10.1 Å². The number of fused-ring (bicyclic) bond motifs is 2. The minimum atomic E-state index is -0.772. The average molecular weight is 248 g/mol. The number of nitrogens with zero attached hydrogens (tertiary/aromatic N) is 2. The average Bonchev–Trinajstić information content (AvgIpc) is 2.57. The maximum absolute atomic E-state index is 10.7. The van der Waals surface area contributed by atoms with Crippen LogP contribution in [0.3, 0.4) is 0 Å². The van der Waals surface area contributed by atoms with Crippen LogP contribution in [0.2, 0.25) is 0 Å². The van der Waals surface area contributed by atoms with E-state index in [-0.39, 0.29) is 11.8 Å². The third-order valence-corrected chi connectivity index (χ3v) is 3.22. The summed E-state index contributed by atoms with van der Waals surface area (Å²) in [6.07, 6.45) is 0.555. The number of hydrogen-bond donors (Lipinski definition) is 0. The Hall–Kier alpha value is -2.11. The van der Waals surface area contributed by atoms with Crippen molar-refractivity contribution in [1.29, 1.82) is 0 Å². The molecule has 0 amide bonds. The quantitative estimate of drug-likeness (QED) is 0.564. The summed E-state index contributed by atoms with van der Waals surface area (Å²) >= 11 is 0. The van der Waals surface area contributed by atoms with Crippen LogP contribution >= 0.6 is 0 Å². The summed E-state index contributed by atoms with van der Waals surface area (Å²) in [6, 6.07) is 4.36. The van der Waals surface area contributed by atoms with Crippen LogP contribution in [0.25, 0.3) is 0 Å². The largest absolute Gasteiger partial charge is 0.480 e. The molecule has 2 heterocycles. The van der Waals surface area contributed by atoms with Crippen LogP contribution in [0.4, 0.5) is 5.69 Å². The van der Waals surface area contributed by atoms with Crippen LogP contribution in [-0.4, -0.2) is 22.5 Å². The van der Waals surface area contributed by atoms with Crippen molar-refractivity contribution in [3.05, 3.63) is 28.3 Å². The highest BCUT2D eigenvalue weighted by Crippen LogP contribution is 2.43. The maximum Gasteiger partial charge on any atom is 0.273 e. The Morgan fingerprint density at radius 2 is 2.28 bits per heavy atom. The van der Waals surface area contributed by atoms with E-state index >= 15 is 0 Å². The van der Waals surface area contributed by atoms with Gasteiger partial charge in [0.1, 0.15) is 0 Å². The normalized spacial score (nSPS) is 28.6. The zero-order valence-electron chi connectivity index (χ0n) is 10.0. The van der Waals surface area contributed by atoms with Gasteiger partial charge < -0.3 is 9.47 Å². The first-order chi connectivity index (χ1) is 8.48. The molecule has 0 radical (unpaired) electrons. The molecule has 0 aliphatic carbocycles. The molecule has 18 heavy (non-hydrogen) atoms. The summed E-state index contributed by atoms with van der Waals surface area (Å²) in [6.45, 7) is 3.75. The van der Waals surface area contributed by atoms with Gasteiger partial charge >= 0.3 is 0 Å².